The van der Waals surface area contributed by atoms with Crippen LogP contribution in [0.3, 0.4) is 0 Å². The van der Waals surface area contributed by atoms with Gasteiger partial charge in [0, 0.05) is 11.1 Å². The number of carboxylic acids is 2. The van der Waals surface area contributed by atoms with Gasteiger partial charge >= 0.3 is 11.9 Å². The van der Waals surface area contributed by atoms with Crippen molar-refractivity contribution in [3.8, 4) is 0 Å². The van der Waals surface area contributed by atoms with E-state index in [1.54, 1.807) is 36.4 Å². The molecule has 40 heavy (non-hydrogen) atoms. The zero-order valence-electron chi connectivity index (χ0n) is 20.3. The lowest BCUT2D eigenvalue weighted by Crippen LogP contribution is -2.18. The third kappa shape index (κ3) is 3.54. The highest BCUT2D eigenvalue weighted by Gasteiger charge is 2.41. The van der Waals surface area contributed by atoms with Gasteiger partial charge in [-0.3, -0.25) is 9.59 Å². The second-order valence-electron chi connectivity index (χ2n) is 9.43. The predicted octanol–water partition coefficient (Wildman–Crippen LogP) is 3.78. The molecule has 3 aromatic rings. The monoisotopic (exact) mass is 538 g/mol. The van der Waals surface area contributed by atoms with E-state index in [2.05, 4.69) is 21.3 Å². The SMILES string of the molecule is O=C(O)c1ccc2c(c1)NC1=C(N2)C(=O)C(c2ccc(C3OC4=C(Nc5ccc(C(=O)O)cc5N4)C3=O)cc2)O1. The smallest absolute Gasteiger partial charge is 0.335 e. The maximum Gasteiger partial charge on any atom is 0.335 e. The summed E-state index contributed by atoms with van der Waals surface area (Å²) in [5, 5.41) is 30.5. The van der Waals surface area contributed by atoms with Crippen LogP contribution in [0.2, 0.25) is 0 Å². The van der Waals surface area contributed by atoms with Crippen LogP contribution in [0.25, 0.3) is 0 Å². The second kappa shape index (κ2) is 8.36. The Morgan fingerprint density at radius 2 is 0.975 bits per heavy atom. The molecule has 0 bridgehead atoms. The highest BCUT2D eigenvalue weighted by molar-refractivity contribution is 6.08. The van der Waals surface area contributed by atoms with Crippen LogP contribution in [-0.4, -0.2) is 33.7 Å². The molecule has 12 heteroatoms. The van der Waals surface area contributed by atoms with Crippen molar-refractivity contribution in [2.24, 2.45) is 0 Å². The Kier molecular flexibility index (Phi) is 4.88. The number of aromatic carboxylic acids is 2. The summed E-state index contributed by atoms with van der Waals surface area (Å²) in [6.45, 7) is 0. The van der Waals surface area contributed by atoms with Crippen LogP contribution in [0, 0.1) is 0 Å². The zero-order chi connectivity index (χ0) is 27.7. The third-order valence-electron chi connectivity index (χ3n) is 6.99. The van der Waals surface area contributed by atoms with Crippen LogP contribution in [0.5, 0.6) is 0 Å². The first kappa shape index (κ1) is 23.3. The number of hydrogen-bond acceptors (Lipinski definition) is 10. The Balaban J connectivity index is 1.07. The molecule has 198 valence electrons. The molecule has 0 saturated heterocycles. The van der Waals surface area contributed by atoms with Crippen molar-refractivity contribution in [1.82, 2.24) is 0 Å². The lowest BCUT2D eigenvalue weighted by atomic mass is 9.99. The van der Waals surface area contributed by atoms with E-state index in [1.165, 1.54) is 24.3 Å². The summed E-state index contributed by atoms with van der Waals surface area (Å²) in [7, 11) is 0. The Morgan fingerprint density at radius 1 is 0.575 bits per heavy atom. The minimum Gasteiger partial charge on any atom is -0.478 e. The van der Waals surface area contributed by atoms with Crippen molar-refractivity contribution >= 4 is 46.3 Å². The Hall–Kier alpha value is -5.78. The van der Waals surface area contributed by atoms with Gasteiger partial charge in [0.2, 0.25) is 23.3 Å². The maximum absolute atomic E-state index is 13.1. The summed E-state index contributed by atoms with van der Waals surface area (Å²) < 4.78 is 11.8. The minimum absolute atomic E-state index is 0.0905. The molecule has 2 unspecified atom stereocenters. The van der Waals surface area contributed by atoms with E-state index in [0.29, 0.717) is 33.9 Å². The van der Waals surface area contributed by atoms with Gasteiger partial charge in [0.1, 0.15) is 11.4 Å². The van der Waals surface area contributed by atoms with Crippen molar-refractivity contribution < 1.29 is 38.9 Å². The maximum atomic E-state index is 13.1. The zero-order valence-corrected chi connectivity index (χ0v) is 20.3. The van der Waals surface area contributed by atoms with Gasteiger partial charge < -0.3 is 41.0 Å². The summed E-state index contributed by atoms with van der Waals surface area (Å²) in [4.78, 5) is 48.9. The number of hydrogen-bond donors (Lipinski definition) is 6. The molecule has 12 nitrogen and oxygen atoms in total. The van der Waals surface area contributed by atoms with Gasteiger partial charge in [-0.05, 0) is 36.4 Å². The minimum atomic E-state index is -1.07. The molecule has 7 rings (SSSR count). The normalized spacial score (nSPS) is 20.0. The summed E-state index contributed by atoms with van der Waals surface area (Å²) in [6.07, 6.45) is -1.89. The van der Waals surface area contributed by atoms with Crippen molar-refractivity contribution in [1.29, 1.82) is 0 Å². The number of ether oxygens (including phenoxy) is 2. The molecule has 0 amide bonds. The molecule has 4 heterocycles. The van der Waals surface area contributed by atoms with Crippen molar-refractivity contribution in [3.63, 3.8) is 0 Å². The number of ketones is 2. The second-order valence-corrected chi connectivity index (χ2v) is 9.43. The molecule has 6 N–H and O–H groups in total. The Morgan fingerprint density at radius 3 is 1.35 bits per heavy atom. The standard InChI is InChI=1S/C28H18N4O8/c33-21-19-25(31-17-9-13(27(35)36)5-7-15(17)29-19)39-23(21)11-1-2-12(4-3-11)24-22(34)20-26(40-24)32-18-10-14(28(37)38)6-8-16(18)30-20/h1-10,23-24,29-32H,(H,35,36)(H,37,38). The van der Waals surface area contributed by atoms with Crippen LogP contribution >= 0.6 is 0 Å². The Bertz CT molecular complexity index is 1630. The van der Waals surface area contributed by atoms with E-state index in [9.17, 15) is 29.4 Å². The number of carbonyl (C=O) groups is 4. The van der Waals surface area contributed by atoms with Crippen LogP contribution in [0.1, 0.15) is 44.1 Å². The van der Waals surface area contributed by atoms with Gasteiger partial charge in [-0.1, -0.05) is 24.3 Å². The van der Waals surface area contributed by atoms with Gasteiger partial charge in [0.15, 0.2) is 12.2 Å². The summed E-state index contributed by atoms with van der Waals surface area (Å²) in [6, 6.07) is 15.6. The molecule has 0 spiro atoms. The molecule has 0 saturated carbocycles. The van der Waals surface area contributed by atoms with Gasteiger partial charge in [0.25, 0.3) is 0 Å². The number of carboxylic acid groups (broad SMARTS) is 2. The highest BCUT2D eigenvalue weighted by Crippen LogP contribution is 2.42. The average Bonchev–Trinajstić information content (AvgIpc) is 3.45. The Labute approximate surface area is 224 Å². The number of Topliss-reactive ketones (excluding diaryl/α,β-unsaturated/α-hetero) is 2. The molecular weight excluding hydrogens is 520 g/mol. The number of anilines is 4. The lowest BCUT2D eigenvalue weighted by molar-refractivity contribution is -0.122. The molecule has 4 aliphatic heterocycles. The van der Waals surface area contributed by atoms with Crippen molar-refractivity contribution in [2.75, 3.05) is 21.3 Å². The highest BCUT2D eigenvalue weighted by atomic mass is 16.5. The molecule has 0 radical (unpaired) electrons. The van der Waals surface area contributed by atoms with E-state index in [1.807, 2.05) is 0 Å². The van der Waals surface area contributed by atoms with Gasteiger partial charge in [-0.2, -0.15) is 0 Å². The largest absolute Gasteiger partial charge is 0.478 e. The van der Waals surface area contributed by atoms with E-state index in [-0.39, 0.29) is 45.9 Å². The fraction of sp³-hybridized carbons (Fsp3) is 0.0714. The molecule has 0 aromatic heterocycles. The van der Waals surface area contributed by atoms with E-state index in [4.69, 9.17) is 9.47 Å². The molecule has 2 atom stereocenters. The number of rotatable bonds is 4. The van der Waals surface area contributed by atoms with Crippen LogP contribution < -0.4 is 21.3 Å². The summed E-state index contributed by atoms with van der Waals surface area (Å²) in [5.41, 5.74) is 3.80. The third-order valence-corrected chi connectivity index (χ3v) is 6.99. The van der Waals surface area contributed by atoms with E-state index < -0.39 is 24.1 Å². The van der Waals surface area contributed by atoms with E-state index >= 15 is 0 Å². The van der Waals surface area contributed by atoms with Crippen molar-refractivity contribution in [2.45, 2.75) is 12.2 Å². The molecule has 3 aromatic carbocycles. The van der Waals surface area contributed by atoms with Gasteiger partial charge in [-0.25, -0.2) is 9.59 Å². The van der Waals surface area contributed by atoms with Crippen molar-refractivity contribution in [3.05, 3.63) is 106 Å². The topological polar surface area (TPSA) is 175 Å². The molecule has 0 aliphatic carbocycles. The summed E-state index contributed by atoms with van der Waals surface area (Å²) in [5.74, 6) is -2.36. The molecule has 4 aliphatic rings. The lowest BCUT2D eigenvalue weighted by Gasteiger charge is -2.20. The van der Waals surface area contributed by atoms with Crippen LogP contribution in [0.15, 0.2) is 83.8 Å². The van der Waals surface area contributed by atoms with E-state index in [0.717, 1.165) is 0 Å². The summed E-state index contributed by atoms with van der Waals surface area (Å²) >= 11 is 0. The first-order chi connectivity index (χ1) is 19.3. The molecule has 0 fully saturated rings. The number of nitrogens with one attached hydrogen (secondary N) is 4. The van der Waals surface area contributed by atoms with Crippen LogP contribution in [0.4, 0.5) is 22.7 Å². The fourth-order valence-corrected chi connectivity index (χ4v) is 4.95. The van der Waals surface area contributed by atoms with Gasteiger partial charge in [0.05, 0.1) is 33.9 Å². The number of carbonyl (C=O) groups excluding carboxylic acids is 2. The first-order valence-electron chi connectivity index (χ1n) is 12.1. The number of fused-ring (bicyclic) bond motifs is 2. The quantitative estimate of drug-likeness (QED) is 0.284. The fourth-order valence-electron chi connectivity index (χ4n) is 4.95. The van der Waals surface area contributed by atoms with Gasteiger partial charge in [-0.15, -0.1) is 0 Å². The number of benzene rings is 3. The predicted molar refractivity (Wildman–Crippen MR) is 139 cm³/mol. The average molecular weight is 538 g/mol. The molecular formula is C28H18N4O8. The first-order valence-corrected chi connectivity index (χ1v) is 12.1. The van der Waals surface area contributed by atoms with Crippen LogP contribution in [-0.2, 0) is 19.1 Å².